The van der Waals surface area contributed by atoms with Crippen molar-refractivity contribution in [3.05, 3.63) is 45.6 Å². The number of H-pyrrole nitrogens is 1. The summed E-state index contributed by atoms with van der Waals surface area (Å²) in [7, 11) is 1.65. The summed E-state index contributed by atoms with van der Waals surface area (Å²) >= 11 is 5.17. The molecule has 0 saturated heterocycles. The second kappa shape index (κ2) is 3.97. The second-order valence-electron chi connectivity index (χ2n) is 4.22. The molecule has 2 aromatic rings. The molecule has 3 nitrogen and oxygen atoms in total. The van der Waals surface area contributed by atoms with Crippen LogP contribution < -0.4 is 4.74 Å². The van der Waals surface area contributed by atoms with E-state index < -0.39 is 0 Å². The van der Waals surface area contributed by atoms with Gasteiger partial charge in [0.05, 0.1) is 18.4 Å². The molecule has 0 radical (unpaired) electrons. The minimum Gasteiger partial charge on any atom is -0.497 e. The van der Waals surface area contributed by atoms with Crippen LogP contribution in [-0.2, 0) is 6.42 Å². The van der Waals surface area contributed by atoms with Crippen LogP contribution in [-0.4, -0.2) is 12.1 Å². The summed E-state index contributed by atoms with van der Waals surface area (Å²) in [6.07, 6.45) is 0.829. The molecule has 0 atom stereocenters. The fourth-order valence-corrected chi connectivity index (χ4v) is 2.52. The van der Waals surface area contributed by atoms with E-state index in [1.54, 1.807) is 7.11 Å². The first-order valence-electron chi connectivity index (χ1n) is 5.56. The van der Waals surface area contributed by atoms with Gasteiger partial charge in [0, 0.05) is 12.0 Å². The zero-order valence-corrected chi connectivity index (χ0v) is 10.6. The highest BCUT2D eigenvalue weighted by Crippen LogP contribution is 2.37. The van der Waals surface area contributed by atoms with Crippen molar-refractivity contribution in [2.24, 2.45) is 0 Å². The van der Waals surface area contributed by atoms with E-state index >= 15 is 0 Å². The van der Waals surface area contributed by atoms with Gasteiger partial charge in [-0.2, -0.15) is 5.26 Å². The molecule has 18 heavy (non-hydrogen) atoms. The Morgan fingerprint density at radius 2 is 2.17 bits per heavy atom. The average Bonchev–Trinajstić information content (AvgIpc) is 2.74. The van der Waals surface area contributed by atoms with Crippen LogP contribution in [0.4, 0.5) is 0 Å². The summed E-state index contributed by atoms with van der Waals surface area (Å²) in [5, 5.41) is 8.99. The molecule has 0 aliphatic heterocycles. The summed E-state index contributed by atoms with van der Waals surface area (Å²) in [5.41, 5.74) is 4.99. The van der Waals surface area contributed by atoms with Crippen molar-refractivity contribution in [3.63, 3.8) is 0 Å². The first kappa shape index (κ1) is 11.0. The van der Waals surface area contributed by atoms with Crippen molar-refractivity contribution in [1.82, 2.24) is 4.98 Å². The molecule has 1 aliphatic rings. The molecule has 0 unspecified atom stereocenters. The van der Waals surface area contributed by atoms with E-state index in [1.807, 2.05) is 18.2 Å². The maximum Gasteiger partial charge on any atom is 0.121 e. The summed E-state index contributed by atoms with van der Waals surface area (Å²) in [6.45, 7) is 0. The van der Waals surface area contributed by atoms with E-state index in [4.69, 9.17) is 22.2 Å². The van der Waals surface area contributed by atoms with Crippen LogP contribution in [0.5, 0.6) is 5.75 Å². The van der Waals surface area contributed by atoms with E-state index in [0.29, 0.717) is 10.2 Å². The normalized spacial score (nSPS) is 11.6. The van der Waals surface area contributed by atoms with Crippen molar-refractivity contribution < 1.29 is 4.74 Å². The van der Waals surface area contributed by atoms with Gasteiger partial charge in [0.2, 0.25) is 0 Å². The fraction of sp³-hybridized carbons (Fsp3) is 0.143. The van der Waals surface area contributed by atoms with Gasteiger partial charge in [-0.15, -0.1) is 0 Å². The summed E-state index contributed by atoms with van der Waals surface area (Å²) in [4.78, 5) is 3.15. The number of benzene rings is 1. The lowest BCUT2D eigenvalue weighted by Crippen LogP contribution is -1.89. The number of hydrogen-bond acceptors (Lipinski definition) is 3. The largest absolute Gasteiger partial charge is 0.497 e. The Morgan fingerprint density at radius 1 is 1.33 bits per heavy atom. The van der Waals surface area contributed by atoms with Gasteiger partial charge in [-0.1, -0.05) is 18.3 Å². The number of hydrogen-bond donors (Lipinski definition) is 1. The molecule has 1 heterocycles. The Kier molecular flexibility index (Phi) is 2.42. The number of aromatic nitrogens is 1. The SMILES string of the molecule is COc1ccc2c(c1)-c1[nH]c(=S)c(C#N)cc1C2. The zero-order valence-electron chi connectivity index (χ0n) is 9.78. The van der Waals surface area contributed by atoms with Crippen LogP contribution >= 0.6 is 12.2 Å². The zero-order chi connectivity index (χ0) is 12.7. The molecule has 0 fully saturated rings. The third-order valence-corrected chi connectivity index (χ3v) is 3.53. The highest BCUT2D eigenvalue weighted by atomic mass is 32.1. The van der Waals surface area contributed by atoms with Crippen LogP contribution in [0.15, 0.2) is 24.3 Å². The van der Waals surface area contributed by atoms with Crippen molar-refractivity contribution >= 4 is 12.2 Å². The molecule has 0 spiro atoms. The number of pyridine rings is 1. The summed E-state index contributed by atoms with van der Waals surface area (Å²) in [5.74, 6) is 0.824. The van der Waals surface area contributed by atoms with E-state index in [0.717, 1.165) is 29.0 Å². The van der Waals surface area contributed by atoms with Gasteiger partial charge in [0.25, 0.3) is 0 Å². The third kappa shape index (κ3) is 1.52. The lowest BCUT2D eigenvalue weighted by Gasteiger charge is -2.04. The van der Waals surface area contributed by atoms with Gasteiger partial charge < -0.3 is 9.72 Å². The number of rotatable bonds is 1. The predicted octanol–water partition coefficient (Wildman–Crippen LogP) is 3.20. The molecule has 0 saturated carbocycles. The highest BCUT2D eigenvalue weighted by Gasteiger charge is 2.20. The number of methoxy groups -OCH3 is 1. The van der Waals surface area contributed by atoms with Gasteiger partial charge in [0.1, 0.15) is 16.5 Å². The topological polar surface area (TPSA) is 48.8 Å². The molecule has 0 amide bonds. The number of ether oxygens (including phenoxy) is 1. The van der Waals surface area contributed by atoms with Gasteiger partial charge in [-0.3, -0.25) is 0 Å². The minimum absolute atomic E-state index is 0.493. The van der Waals surface area contributed by atoms with Crippen LogP contribution in [0, 0.1) is 16.0 Å². The van der Waals surface area contributed by atoms with Crippen molar-refractivity contribution in [2.75, 3.05) is 7.11 Å². The minimum atomic E-state index is 0.493. The Hall–Kier alpha value is -2.12. The number of fused-ring (bicyclic) bond motifs is 3. The Morgan fingerprint density at radius 3 is 2.89 bits per heavy atom. The summed E-state index contributed by atoms with van der Waals surface area (Å²) in [6, 6.07) is 9.99. The molecule has 1 N–H and O–H groups in total. The molecule has 4 heteroatoms. The molecular weight excluding hydrogens is 244 g/mol. The lowest BCUT2D eigenvalue weighted by atomic mass is 10.1. The Bertz CT molecular complexity index is 740. The molecule has 1 aliphatic carbocycles. The van der Waals surface area contributed by atoms with Crippen LogP contribution in [0.2, 0.25) is 0 Å². The molecule has 3 rings (SSSR count). The van der Waals surface area contributed by atoms with E-state index in [1.165, 1.54) is 5.56 Å². The van der Waals surface area contributed by atoms with Crippen LogP contribution in [0.1, 0.15) is 16.7 Å². The maximum atomic E-state index is 8.99. The second-order valence-corrected chi connectivity index (χ2v) is 4.63. The standard InChI is InChI=1S/C14H10N2OS/c1-17-11-3-2-8-4-9-5-10(7-15)14(18)16-13(9)12(8)6-11/h2-3,5-6H,4H2,1H3,(H,16,18). The van der Waals surface area contributed by atoms with Crippen LogP contribution in [0.25, 0.3) is 11.3 Å². The molecular formula is C14H10N2OS. The lowest BCUT2D eigenvalue weighted by molar-refractivity contribution is 0.415. The fourth-order valence-electron chi connectivity index (χ4n) is 2.31. The van der Waals surface area contributed by atoms with Crippen molar-refractivity contribution in [1.29, 1.82) is 5.26 Å². The number of nitrogens with zero attached hydrogens (tertiary/aromatic N) is 1. The molecule has 1 aromatic heterocycles. The maximum absolute atomic E-state index is 8.99. The molecule has 1 aromatic carbocycles. The van der Waals surface area contributed by atoms with Gasteiger partial charge in [-0.05, 0) is 29.3 Å². The number of nitriles is 1. The molecule has 0 bridgehead atoms. The first-order valence-corrected chi connectivity index (χ1v) is 5.97. The highest BCUT2D eigenvalue weighted by molar-refractivity contribution is 7.71. The van der Waals surface area contributed by atoms with Gasteiger partial charge >= 0.3 is 0 Å². The predicted molar refractivity (Wildman–Crippen MR) is 71.1 cm³/mol. The van der Waals surface area contributed by atoms with Crippen molar-refractivity contribution in [3.8, 4) is 23.1 Å². The van der Waals surface area contributed by atoms with Gasteiger partial charge in [-0.25, -0.2) is 0 Å². The first-order chi connectivity index (χ1) is 8.72. The Balaban J connectivity index is 2.24. The van der Waals surface area contributed by atoms with E-state index in [2.05, 4.69) is 17.1 Å². The molecule has 88 valence electrons. The van der Waals surface area contributed by atoms with E-state index in [-0.39, 0.29) is 0 Å². The average molecular weight is 254 g/mol. The smallest absolute Gasteiger partial charge is 0.121 e. The quantitative estimate of drug-likeness (QED) is 0.678. The van der Waals surface area contributed by atoms with E-state index in [9.17, 15) is 0 Å². The monoisotopic (exact) mass is 254 g/mol. The third-order valence-electron chi connectivity index (χ3n) is 3.21. The number of nitrogens with one attached hydrogen (secondary N) is 1. The van der Waals surface area contributed by atoms with Gasteiger partial charge in [0.15, 0.2) is 0 Å². The Labute approximate surface area is 110 Å². The van der Waals surface area contributed by atoms with Crippen LogP contribution in [0.3, 0.4) is 0 Å². The number of aromatic amines is 1. The summed E-state index contributed by atoms with van der Waals surface area (Å²) < 4.78 is 5.73. The van der Waals surface area contributed by atoms with Crippen molar-refractivity contribution in [2.45, 2.75) is 6.42 Å².